The molecule has 1 heterocycles. The second-order valence-corrected chi connectivity index (χ2v) is 4.86. The summed E-state index contributed by atoms with van der Waals surface area (Å²) in [5.74, 6) is 0.834. The maximum atomic E-state index is 4.47. The van der Waals surface area contributed by atoms with E-state index in [1.54, 1.807) is 11.3 Å². The Labute approximate surface area is 130 Å². The average Bonchev–Trinajstić information content (AvgIpc) is 2.72. The van der Waals surface area contributed by atoms with Gasteiger partial charge in [-0.1, -0.05) is 6.08 Å². The summed E-state index contributed by atoms with van der Waals surface area (Å²) >= 11 is 1.73. The molecule has 102 valence electrons. The van der Waals surface area contributed by atoms with Crippen LogP contribution < -0.4 is 10.6 Å². The molecule has 0 unspecified atom stereocenters. The Kier molecular flexibility index (Phi) is 9.95. The van der Waals surface area contributed by atoms with Crippen molar-refractivity contribution in [3.63, 3.8) is 0 Å². The van der Waals surface area contributed by atoms with Gasteiger partial charge in [0.2, 0.25) is 0 Å². The largest absolute Gasteiger partial charge is 0.357 e. The summed E-state index contributed by atoms with van der Waals surface area (Å²) in [6, 6.07) is 0. The molecule has 4 nitrogen and oxygen atoms in total. The first kappa shape index (κ1) is 17.4. The van der Waals surface area contributed by atoms with Gasteiger partial charge < -0.3 is 10.6 Å². The molecule has 0 amide bonds. The van der Waals surface area contributed by atoms with Crippen LogP contribution in [0.3, 0.4) is 0 Å². The van der Waals surface area contributed by atoms with E-state index in [9.17, 15) is 0 Å². The summed E-state index contributed by atoms with van der Waals surface area (Å²) in [4.78, 5) is 10.0. The molecule has 0 aliphatic rings. The van der Waals surface area contributed by atoms with Gasteiger partial charge in [0.15, 0.2) is 5.96 Å². The molecule has 0 spiro atoms. The number of hydrogen-bond donors (Lipinski definition) is 2. The molecule has 0 radical (unpaired) electrons. The first-order valence-corrected chi connectivity index (χ1v) is 6.62. The topological polar surface area (TPSA) is 49.3 Å². The zero-order chi connectivity index (χ0) is 12.5. The fourth-order valence-corrected chi connectivity index (χ4v) is 2.07. The van der Waals surface area contributed by atoms with Crippen molar-refractivity contribution in [2.24, 2.45) is 4.99 Å². The summed E-state index contributed by atoms with van der Waals surface area (Å²) in [7, 11) is 0. The highest BCUT2D eigenvalue weighted by molar-refractivity contribution is 14.0. The molecule has 0 bridgehead atoms. The van der Waals surface area contributed by atoms with Crippen LogP contribution in [0.2, 0.25) is 0 Å². The number of aliphatic imine (C=N–C) groups is 1. The van der Waals surface area contributed by atoms with Crippen LogP contribution in [-0.2, 0) is 6.42 Å². The van der Waals surface area contributed by atoms with E-state index < -0.39 is 0 Å². The lowest BCUT2D eigenvalue weighted by molar-refractivity contribution is 0.849. The molecule has 0 saturated heterocycles. The number of nitrogens with one attached hydrogen (secondary N) is 2. The first-order valence-electron chi connectivity index (χ1n) is 5.80. The van der Waals surface area contributed by atoms with E-state index in [1.165, 1.54) is 4.88 Å². The predicted molar refractivity (Wildman–Crippen MR) is 90.1 cm³/mol. The summed E-state index contributed by atoms with van der Waals surface area (Å²) in [6.07, 6.45) is 4.62. The average molecular weight is 380 g/mol. The molecule has 1 aromatic rings. The minimum Gasteiger partial charge on any atom is -0.357 e. The van der Waals surface area contributed by atoms with Crippen molar-refractivity contribution in [2.75, 3.05) is 19.6 Å². The highest BCUT2D eigenvalue weighted by Crippen LogP contribution is 2.11. The number of aryl methyl sites for hydroxylation is 1. The lowest BCUT2D eigenvalue weighted by Gasteiger charge is -2.08. The van der Waals surface area contributed by atoms with Crippen LogP contribution in [0.25, 0.3) is 0 Å². The molecule has 18 heavy (non-hydrogen) atoms. The Morgan fingerprint density at radius 2 is 2.33 bits per heavy atom. The Morgan fingerprint density at radius 3 is 2.89 bits per heavy atom. The zero-order valence-electron chi connectivity index (χ0n) is 10.9. The SMILES string of the molecule is C=CCNC(=NCCc1ncc(C)s1)NCC.I. The van der Waals surface area contributed by atoms with Gasteiger partial charge in [0.25, 0.3) is 0 Å². The van der Waals surface area contributed by atoms with Crippen molar-refractivity contribution in [1.29, 1.82) is 0 Å². The predicted octanol–water partition coefficient (Wildman–Crippen LogP) is 2.35. The van der Waals surface area contributed by atoms with Gasteiger partial charge in [-0.3, -0.25) is 4.99 Å². The normalized spacial score (nSPS) is 10.7. The number of aromatic nitrogens is 1. The molecule has 0 aliphatic carbocycles. The van der Waals surface area contributed by atoms with E-state index in [2.05, 4.69) is 41.0 Å². The van der Waals surface area contributed by atoms with Gasteiger partial charge in [-0.15, -0.1) is 41.9 Å². The van der Waals surface area contributed by atoms with Gasteiger partial charge in [0.05, 0.1) is 5.01 Å². The second kappa shape index (κ2) is 10.3. The van der Waals surface area contributed by atoms with E-state index in [0.29, 0.717) is 0 Å². The number of guanidine groups is 1. The van der Waals surface area contributed by atoms with Crippen molar-refractivity contribution in [3.05, 3.63) is 28.7 Å². The third-order valence-electron chi connectivity index (χ3n) is 2.02. The number of thiazole rings is 1. The Bertz CT molecular complexity index is 376. The van der Waals surface area contributed by atoms with Crippen molar-refractivity contribution < 1.29 is 0 Å². The summed E-state index contributed by atoms with van der Waals surface area (Å²) in [5.41, 5.74) is 0. The molecule has 0 aliphatic heterocycles. The fraction of sp³-hybridized carbons (Fsp3) is 0.500. The standard InChI is InChI=1S/C12H20N4S.HI/c1-4-7-14-12(13-5-2)15-8-6-11-16-9-10(3)17-11;/h4,9H,1,5-8H2,2-3H3,(H2,13,14,15);1H. The maximum absolute atomic E-state index is 4.47. The molecule has 1 aromatic heterocycles. The van der Waals surface area contributed by atoms with Gasteiger partial charge in [-0.25, -0.2) is 4.98 Å². The number of hydrogen-bond acceptors (Lipinski definition) is 3. The number of rotatable bonds is 6. The lowest BCUT2D eigenvalue weighted by Crippen LogP contribution is -2.37. The van der Waals surface area contributed by atoms with Crippen LogP contribution in [0.4, 0.5) is 0 Å². The summed E-state index contributed by atoms with van der Waals surface area (Å²) in [6.45, 7) is 10.1. The molecular formula is C12H21IN4S. The van der Waals surface area contributed by atoms with Crippen LogP contribution in [0.15, 0.2) is 23.8 Å². The molecular weight excluding hydrogens is 359 g/mol. The summed E-state index contributed by atoms with van der Waals surface area (Å²) in [5, 5.41) is 7.49. The second-order valence-electron chi connectivity index (χ2n) is 3.54. The fourth-order valence-electron chi connectivity index (χ4n) is 1.29. The molecule has 0 fully saturated rings. The molecule has 1 rings (SSSR count). The smallest absolute Gasteiger partial charge is 0.191 e. The molecule has 0 atom stereocenters. The lowest BCUT2D eigenvalue weighted by atomic mass is 10.4. The van der Waals surface area contributed by atoms with Crippen molar-refractivity contribution in [3.8, 4) is 0 Å². The van der Waals surface area contributed by atoms with E-state index in [0.717, 1.165) is 37.0 Å². The minimum absolute atomic E-state index is 0. The van der Waals surface area contributed by atoms with Crippen LogP contribution >= 0.6 is 35.3 Å². The van der Waals surface area contributed by atoms with Crippen LogP contribution in [0.5, 0.6) is 0 Å². The number of halogens is 1. The monoisotopic (exact) mass is 380 g/mol. The van der Waals surface area contributed by atoms with Gasteiger partial charge >= 0.3 is 0 Å². The van der Waals surface area contributed by atoms with E-state index in [1.807, 2.05) is 12.3 Å². The summed E-state index contributed by atoms with van der Waals surface area (Å²) < 4.78 is 0. The minimum atomic E-state index is 0. The van der Waals surface area contributed by atoms with Gasteiger partial charge in [-0.2, -0.15) is 0 Å². The Balaban J connectivity index is 0.00000289. The van der Waals surface area contributed by atoms with Crippen LogP contribution in [0, 0.1) is 6.92 Å². The van der Waals surface area contributed by atoms with Gasteiger partial charge in [-0.05, 0) is 13.8 Å². The maximum Gasteiger partial charge on any atom is 0.191 e. The zero-order valence-corrected chi connectivity index (χ0v) is 14.0. The quantitative estimate of drug-likeness (QED) is 0.345. The number of nitrogens with zero attached hydrogens (tertiary/aromatic N) is 2. The van der Waals surface area contributed by atoms with Crippen molar-refractivity contribution >= 4 is 41.3 Å². The van der Waals surface area contributed by atoms with Crippen LogP contribution in [0.1, 0.15) is 16.8 Å². The Morgan fingerprint density at radius 1 is 1.56 bits per heavy atom. The first-order chi connectivity index (χ1) is 8.26. The highest BCUT2D eigenvalue weighted by Gasteiger charge is 1.99. The molecule has 0 aromatic carbocycles. The van der Waals surface area contributed by atoms with E-state index in [-0.39, 0.29) is 24.0 Å². The molecule has 0 saturated carbocycles. The van der Waals surface area contributed by atoms with Crippen LogP contribution in [-0.4, -0.2) is 30.6 Å². The van der Waals surface area contributed by atoms with Gasteiger partial charge in [0, 0.05) is 37.1 Å². The third-order valence-corrected chi connectivity index (χ3v) is 3.00. The molecule has 2 N–H and O–H groups in total. The van der Waals surface area contributed by atoms with Crippen molar-refractivity contribution in [2.45, 2.75) is 20.3 Å². The third kappa shape index (κ3) is 6.95. The van der Waals surface area contributed by atoms with E-state index >= 15 is 0 Å². The van der Waals surface area contributed by atoms with Crippen molar-refractivity contribution in [1.82, 2.24) is 15.6 Å². The van der Waals surface area contributed by atoms with Gasteiger partial charge in [0.1, 0.15) is 0 Å². The Hall–Kier alpha value is -0.630. The highest BCUT2D eigenvalue weighted by atomic mass is 127. The van der Waals surface area contributed by atoms with E-state index in [4.69, 9.17) is 0 Å². The molecule has 6 heteroatoms.